The molecule has 0 heterocycles. The van der Waals surface area contributed by atoms with E-state index in [0.717, 1.165) is 0 Å². The number of hydrogen-bond acceptors (Lipinski definition) is 2. The highest BCUT2D eigenvalue weighted by Crippen LogP contribution is 2.30. The maximum atomic E-state index is 12.0. The van der Waals surface area contributed by atoms with Crippen LogP contribution in [0.1, 0.15) is 27.7 Å². The fourth-order valence-corrected chi connectivity index (χ4v) is 1.86. The lowest BCUT2D eigenvalue weighted by Crippen LogP contribution is -2.38. The summed E-state index contributed by atoms with van der Waals surface area (Å²) >= 11 is -0.267. The molecule has 0 bridgehead atoms. The van der Waals surface area contributed by atoms with Crippen LogP contribution in [0.15, 0.2) is 0 Å². The Labute approximate surface area is 105 Å². The summed E-state index contributed by atoms with van der Waals surface area (Å²) in [6.07, 6.45) is 0. The van der Waals surface area contributed by atoms with Crippen molar-refractivity contribution in [3.8, 4) is 0 Å². The first-order valence-corrected chi connectivity index (χ1v) is 6.58. The van der Waals surface area contributed by atoms with E-state index in [-0.39, 0.29) is 23.6 Å². The Kier molecular flexibility index (Phi) is 6.97. The second-order valence-electron chi connectivity index (χ2n) is 4.82. The summed E-state index contributed by atoms with van der Waals surface area (Å²) in [5.41, 5.74) is -4.34. The smallest absolute Gasteiger partial charge is 0.341 e. The molecule has 2 nitrogen and oxygen atoms in total. The van der Waals surface area contributed by atoms with Gasteiger partial charge in [-0.05, 0) is 23.6 Å². The molecule has 0 fully saturated rings. The third-order valence-corrected chi connectivity index (χ3v) is 2.60. The van der Waals surface area contributed by atoms with Crippen molar-refractivity contribution < 1.29 is 18.0 Å². The molecule has 0 unspecified atom stereocenters. The van der Waals surface area contributed by atoms with Crippen LogP contribution in [0.2, 0.25) is 0 Å². The van der Waals surface area contributed by atoms with Gasteiger partial charge in [-0.1, -0.05) is 27.7 Å². The van der Waals surface area contributed by atoms with Gasteiger partial charge in [-0.15, -0.1) is 0 Å². The van der Waals surface area contributed by atoms with Crippen LogP contribution in [0.25, 0.3) is 0 Å². The number of alkyl halides is 3. The van der Waals surface area contributed by atoms with Crippen molar-refractivity contribution in [2.45, 2.75) is 33.2 Å². The molecule has 0 saturated carbocycles. The molecule has 0 atom stereocenters. The molecule has 1 amide bonds. The Morgan fingerprint density at radius 1 is 1.12 bits per heavy atom. The molecule has 0 rings (SSSR count). The highest BCUT2D eigenvalue weighted by atomic mass is 32.2. The van der Waals surface area contributed by atoms with E-state index in [1.165, 1.54) is 4.90 Å². The number of thioether (sulfide) groups is 1. The summed E-state index contributed by atoms with van der Waals surface area (Å²) in [5, 5.41) is 0. The first kappa shape index (κ1) is 16.6. The Morgan fingerprint density at radius 3 is 1.82 bits per heavy atom. The average Bonchev–Trinajstić information content (AvgIpc) is 2.10. The van der Waals surface area contributed by atoms with Crippen LogP contribution < -0.4 is 0 Å². The van der Waals surface area contributed by atoms with E-state index in [1.54, 1.807) is 0 Å². The molecule has 0 aromatic carbocycles. The second-order valence-corrected chi connectivity index (χ2v) is 5.86. The SMILES string of the molecule is CC(C)CN(CC(C)C)C(=O)CSC(F)(F)F. The molecule has 0 aliphatic rings. The highest BCUT2D eigenvalue weighted by molar-refractivity contribution is 8.00. The lowest BCUT2D eigenvalue weighted by molar-refractivity contribution is -0.129. The van der Waals surface area contributed by atoms with E-state index in [0.29, 0.717) is 13.1 Å². The van der Waals surface area contributed by atoms with Crippen LogP contribution in [0, 0.1) is 11.8 Å². The third kappa shape index (κ3) is 9.32. The van der Waals surface area contributed by atoms with Gasteiger partial charge in [0.15, 0.2) is 0 Å². The van der Waals surface area contributed by atoms with Gasteiger partial charge in [0.05, 0.1) is 5.75 Å². The average molecular weight is 271 g/mol. The monoisotopic (exact) mass is 271 g/mol. The summed E-state index contributed by atoms with van der Waals surface area (Å²) in [6, 6.07) is 0. The molecule has 0 saturated heterocycles. The van der Waals surface area contributed by atoms with E-state index in [9.17, 15) is 18.0 Å². The van der Waals surface area contributed by atoms with Crippen LogP contribution in [0.5, 0.6) is 0 Å². The minimum atomic E-state index is -4.34. The van der Waals surface area contributed by atoms with Crippen molar-refractivity contribution in [1.29, 1.82) is 0 Å². The fourth-order valence-electron chi connectivity index (χ4n) is 1.39. The lowest BCUT2D eigenvalue weighted by atomic mass is 10.1. The number of halogens is 3. The van der Waals surface area contributed by atoms with E-state index in [2.05, 4.69) is 0 Å². The fraction of sp³-hybridized carbons (Fsp3) is 0.909. The highest BCUT2D eigenvalue weighted by Gasteiger charge is 2.30. The predicted molar refractivity (Wildman–Crippen MR) is 64.8 cm³/mol. The molecular weight excluding hydrogens is 251 g/mol. The van der Waals surface area contributed by atoms with Gasteiger partial charge in [-0.25, -0.2) is 0 Å². The Balaban J connectivity index is 4.32. The van der Waals surface area contributed by atoms with Gasteiger partial charge < -0.3 is 4.90 Å². The molecule has 0 radical (unpaired) electrons. The number of nitrogens with zero attached hydrogens (tertiary/aromatic N) is 1. The first-order valence-electron chi connectivity index (χ1n) is 5.60. The zero-order valence-corrected chi connectivity index (χ0v) is 11.5. The van der Waals surface area contributed by atoms with E-state index in [4.69, 9.17) is 0 Å². The van der Waals surface area contributed by atoms with Crippen molar-refractivity contribution in [2.75, 3.05) is 18.8 Å². The molecule has 0 N–H and O–H groups in total. The van der Waals surface area contributed by atoms with Crippen molar-refractivity contribution in [3.63, 3.8) is 0 Å². The van der Waals surface area contributed by atoms with E-state index in [1.807, 2.05) is 27.7 Å². The number of amides is 1. The summed E-state index contributed by atoms with van der Waals surface area (Å²) < 4.78 is 36.0. The molecule has 0 aliphatic heterocycles. The Bertz CT molecular complexity index is 231. The molecule has 6 heteroatoms. The Morgan fingerprint density at radius 2 is 1.53 bits per heavy atom. The molecule has 0 aromatic rings. The quantitative estimate of drug-likeness (QED) is 0.738. The molecule has 0 spiro atoms. The Hall–Kier alpha value is -0.390. The van der Waals surface area contributed by atoms with Crippen LogP contribution in [0.4, 0.5) is 13.2 Å². The maximum Gasteiger partial charge on any atom is 0.442 e. The van der Waals surface area contributed by atoms with Gasteiger partial charge in [-0.3, -0.25) is 4.79 Å². The standard InChI is InChI=1S/C11H20F3NOS/c1-8(2)5-15(6-9(3)4)10(16)7-17-11(12,13)14/h8-9H,5-7H2,1-4H3. The number of carbonyl (C=O) groups is 1. The zero-order valence-electron chi connectivity index (χ0n) is 10.7. The van der Waals surface area contributed by atoms with Gasteiger partial charge in [0.2, 0.25) is 5.91 Å². The minimum Gasteiger partial charge on any atom is -0.341 e. The van der Waals surface area contributed by atoms with Gasteiger partial charge in [0.25, 0.3) is 0 Å². The largest absolute Gasteiger partial charge is 0.442 e. The number of rotatable bonds is 6. The lowest BCUT2D eigenvalue weighted by Gasteiger charge is -2.26. The van der Waals surface area contributed by atoms with Gasteiger partial charge in [0.1, 0.15) is 0 Å². The zero-order chi connectivity index (χ0) is 13.6. The molecule has 17 heavy (non-hydrogen) atoms. The molecule has 0 aliphatic carbocycles. The van der Waals surface area contributed by atoms with E-state index < -0.39 is 17.2 Å². The number of hydrogen-bond donors (Lipinski definition) is 0. The van der Waals surface area contributed by atoms with Crippen LogP contribution in [-0.2, 0) is 4.79 Å². The minimum absolute atomic E-state index is 0.258. The van der Waals surface area contributed by atoms with Crippen molar-refractivity contribution in [3.05, 3.63) is 0 Å². The van der Waals surface area contributed by atoms with E-state index >= 15 is 0 Å². The van der Waals surface area contributed by atoms with Crippen molar-refractivity contribution in [2.24, 2.45) is 11.8 Å². The summed E-state index contributed by atoms with van der Waals surface area (Å²) in [5.74, 6) is -0.444. The summed E-state index contributed by atoms with van der Waals surface area (Å²) in [6.45, 7) is 8.79. The summed E-state index contributed by atoms with van der Waals surface area (Å²) in [4.78, 5) is 13.2. The number of carbonyl (C=O) groups excluding carboxylic acids is 1. The molecule has 102 valence electrons. The van der Waals surface area contributed by atoms with Crippen molar-refractivity contribution >= 4 is 17.7 Å². The van der Waals surface area contributed by atoms with Crippen LogP contribution in [0.3, 0.4) is 0 Å². The van der Waals surface area contributed by atoms with Crippen LogP contribution >= 0.6 is 11.8 Å². The maximum absolute atomic E-state index is 12.0. The van der Waals surface area contributed by atoms with Crippen LogP contribution in [-0.4, -0.2) is 35.2 Å². The normalized spacial score (nSPS) is 12.3. The summed E-state index contributed by atoms with van der Waals surface area (Å²) in [7, 11) is 0. The predicted octanol–water partition coefficient (Wildman–Crippen LogP) is 3.38. The van der Waals surface area contributed by atoms with Gasteiger partial charge in [-0.2, -0.15) is 13.2 Å². The molecular formula is C11H20F3NOS. The molecule has 0 aromatic heterocycles. The third-order valence-electron chi connectivity index (χ3n) is 1.88. The van der Waals surface area contributed by atoms with Gasteiger partial charge in [0, 0.05) is 13.1 Å². The second kappa shape index (κ2) is 7.13. The first-order chi connectivity index (χ1) is 7.61. The van der Waals surface area contributed by atoms with Gasteiger partial charge >= 0.3 is 5.51 Å². The topological polar surface area (TPSA) is 20.3 Å². The van der Waals surface area contributed by atoms with Crippen molar-refractivity contribution in [1.82, 2.24) is 4.90 Å².